The van der Waals surface area contributed by atoms with Crippen molar-refractivity contribution in [1.82, 2.24) is 20.0 Å². The molecular weight excluding hydrogens is 288 g/mol. The summed E-state index contributed by atoms with van der Waals surface area (Å²) in [6.07, 6.45) is 1.53. The maximum Gasteiger partial charge on any atom is 0.223 e. The van der Waals surface area contributed by atoms with Crippen LogP contribution in [0.4, 0.5) is 0 Å². The van der Waals surface area contributed by atoms with Crippen LogP contribution in [-0.2, 0) is 4.79 Å². The fourth-order valence-electron chi connectivity index (χ4n) is 3.39. The van der Waals surface area contributed by atoms with E-state index in [-0.39, 0.29) is 11.9 Å². The fourth-order valence-corrected chi connectivity index (χ4v) is 3.39. The molecule has 1 fully saturated rings. The van der Waals surface area contributed by atoms with E-state index in [1.54, 1.807) is 4.90 Å². The molecular formula is C18H26N4O. The predicted octanol–water partition coefficient (Wildman–Crippen LogP) is 2.54. The van der Waals surface area contributed by atoms with Gasteiger partial charge in [-0.15, -0.1) is 0 Å². The molecule has 1 aliphatic rings. The minimum atomic E-state index is 0.181. The molecule has 1 aromatic carbocycles. The summed E-state index contributed by atoms with van der Waals surface area (Å²) in [5, 5.41) is 9.64. The highest BCUT2D eigenvalue weighted by atomic mass is 16.2. The molecule has 0 spiro atoms. The van der Waals surface area contributed by atoms with Crippen molar-refractivity contribution in [3.8, 4) is 0 Å². The van der Waals surface area contributed by atoms with E-state index in [1.165, 1.54) is 16.6 Å². The molecule has 0 radical (unpaired) electrons. The number of aromatic nitrogens is 2. The molecule has 23 heavy (non-hydrogen) atoms. The van der Waals surface area contributed by atoms with Gasteiger partial charge in [0, 0.05) is 50.4 Å². The molecule has 3 rings (SSSR count). The summed E-state index contributed by atoms with van der Waals surface area (Å²) in [6, 6.07) is 9.04. The van der Waals surface area contributed by atoms with Crippen LogP contribution in [0.5, 0.6) is 0 Å². The monoisotopic (exact) mass is 314 g/mol. The van der Waals surface area contributed by atoms with Crippen LogP contribution in [0.3, 0.4) is 0 Å². The Morgan fingerprint density at radius 3 is 2.83 bits per heavy atom. The first-order chi connectivity index (χ1) is 11.0. The van der Waals surface area contributed by atoms with Crippen LogP contribution < -0.4 is 5.32 Å². The van der Waals surface area contributed by atoms with Crippen LogP contribution in [0.2, 0.25) is 0 Å². The maximum absolute atomic E-state index is 11.9. The lowest BCUT2D eigenvalue weighted by atomic mass is 9.97. The van der Waals surface area contributed by atoms with Gasteiger partial charge in [-0.2, -0.15) is 5.10 Å². The van der Waals surface area contributed by atoms with Gasteiger partial charge in [-0.1, -0.05) is 18.2 Å². The van der Waals surface area contributed by atoms with Gasteiger partial charge in [-0.25, -0.2) is 0 Å². The lowest BCUT2D eigenvalue weighted by Crippen LogP contribution is -2.31. The Hall–Kier alpha value is -1.88. The minimum absolute atomic E-state index is 0.181. The number of hydrogen-bond donors (Lipinski definition) is 1. The number of hydrogen-bond acceptors (Lipinski definition) is 3. The third-order valence-corrected chi connectivity index (χ3v) is 4.66. The second-order valence-corrected chi connectivity index (χ2v) is 6.97. The summed E-state index contributed by atoms with van der Waals surface area (Å²) in [5.74, 6) is 0.556. The molecule has 1 amide bonds. The molecule has 0 saturated carbocycles. The van der Waals surface area contributed by atoms with E-state index in [9.17, 15) is 4.79 Å². The van der Waals surface area contributed by atoms with Gasteiger partial charge in [0.25, 0.3) is 0 Å². The number of carbonyl (C=O) groups is 1. The van der Waals surface area contributed by atoms with Crippen LogP contribution in [-0.4, -0.2) is 47.3 Å². The summed E-state index contributed by atoms with van der Waals surface area (Å²) in [7, 11) is 3.62. The average molecular weight is 314 g/mol. The summed E-state index contributed by atoms with van der Waals surface area (Å²) in [4.78, 5) is 13.6. The first-order valence-corrected chi connectivity index (χ1v) is 8.38. The minimum Gasteiger partial charge on any atom is -0.349 e. The lowest BCUT2D eigenvalue weighted by Gasteiger charge is -2.14. The largest absolute Gasteiger partial charge is 0.349 e. The molecule has 1 N–H and O–H groups in total. The number of carbonyl (C=O) groups excluding carboxylic acids is 1. The fraction of sp³-hybridized carbons (Fsp3) is 0.556. The Bertz CT molecular complexity index is 704. The van der Waals surface area contributed by atoms with E-state index < -0.39 is 0 Å². The zero-order valence-corrected chi connectivity index (χ0v) is 14.4. The highest BCUT2D eigenvalue weighted by Crippen LogP contribution is 2.32. The normalized spacial score (nSPS) is 21.3. The van der Waals surface area contributed by atoms with Gasteiger partial charge in [-0.3, -0.25) is 9.48 Å². The van der Waals surface area contributed by atoms with E-state index in [1.807, 2.05) is 14.1 Å². The van der Waals surface area contributed by atoms with Crippen LogP contribution in [0.1, 0.15) is 44.3 Å². The Balaban J connectivity index is 1.83. The van der Waals surface area contributed by atoms with Crippen molar-refractivity contribution >= 4 is 16.8 Å². The van der Waals surface area contributed by atoms with Gasteiger partial charge in [0.1, 0.15) is 0 Å². The molecule has 2 aromatic rings. The quantitative estimate of drug-likeness (QED) is 0.943. The SMILES string of the molecule is CC(C)n1nc([C@@H]2CN[C@H](CC(=O)N(C)C)C2)c2ccccc21. The smallest absolute Gasteiger partial charge is 0.223 e. The topological polar surface area (TPSA) is 50.2 Å². The molecule has 2 heterocycles. The van der Waals surface area contributed by atoms with E-state index in [0.717, 1.165) is 13.0 Å². The van der Waals surface area contributed by atoms with Gasteiger partial charge in [-0.05, 0) is 26.3 Å². The molecule has 2 atom stereocenters. The molecule has 0 bridgehead atoms. The van der Waals surface area contributed by atoms with Crippen molar-refractivity contribution in [3.05, 3.63) is 30.0 Å². The molecule has 1 aromatic heterocycles. The molecule has 0 unspecified atom stereocenters. The Kier molecular flexibility index (Phi) is 4.39. The van der Waals surface area contributed by atoms with Crippen molar-refractivity contribution in [2.45, 2.75) is 44.7 Å². The number of rotatable bonds is 4. The highest BCUT2D eigenvalue weighted by Gasteiger charge is 2.30. The third kappa shape index (κ3) is 3.11. The van der Waals surface area contributed by atoms with Crippen molar-refractivity contribution in [2.75, 3.05) is 20.6 Å². The first kappa shape index (κ1) is 16.0. The van der Waals surface area contributed by atoms with E-state index in [2.05, 4.69) is 48.1 Å². The van der Waals surface area contributed by atoms with Crippen LogP contribution >= 0.6 is 0 Å². The van der Waals surface area contributed by atoms with Crippen LogP contribution in [0.15, 0.2) is 24.3 Å². The zero-order chi connectivity index (χ0) is 16.6. The number of nitrogens with one attached hydrogen (secondary N) is 1. The first-order valence-electron chi connectivity index (χ1n) is 8.38. The maximum atomic E-state index is 11.9. The van der Waals surface area contributed by atoms with Crippen molar-refractivity contribution in [1.29, 1.82) is 0 Å². The third-order valence-electron chi connectivity index (χ3n) is 4.66. The predicted molar refractivity (Wildman–Crippen MR) is 92.6 cm³/mol. The number of amides is 1. The van der Waals surface area contributed by atoms with Gasteiger partial charge < -0.3 is 10.2 Å². The van der Waals surface area contributed by atoms with Gasteiger partial charge in [0.15, 0.2) is 0 Å². The van der Waals surface area contributed by atoms with Crippen LogP contribution in [0, 0.1) is 0 Å². The van der Waals surface area contributed by atoms with E-state index in [0.29, 0.717) is 18.4 Å². The second-order valence-electron chi connectivity index (χ2n) is 6.97. The summed E-state index contributed by atoms with van der Waals surface area (Å²) >= 11 is 0. The van der Waals surface area contributed by atoms with E-state index in [4.69, 9.17) is 5.10 Å². The zero-order valence-electron chi connectivity index (χ0n) is 14.4. The van der Waals surface area contributed by atoms with Gasteiger partial charge in [0.2, 0.25) is 5.91 Å². The van der Waals surface area contributed by atoms with Gasteiger partial charge in [0.05, 0.1) is 11.2 Å². The second kappa shape index (κ2) is 6.32. The number of nitrogens with zero attached hydrogens (tertiary/aromatic N) is 3. The summed E-state index contributed by atoms with van der Waals surface area (Å²) in [6.45, 7) is 5.22. The molecule has 5 nitrogen and oxygen atoms in total. The average Bonchev–Trinajstić information content (AvgIpc) is 3.11. The van der Waals surface area contributed by atoms with Crippen molar-refractivity contribution < 1.29 is 4.79 Å². The number of para-hydroxylation sites is 1. The Morgan fingerprint density at radius 1 is 1.39 bits per heavy atom. The highest BCUT2D eigenvalue weighted by molar-refractivity contribution is 5.82. The summed E-state index contributed by atoms with van der Waals surface area (Å²) < 4.78 is 2.11. The number of fused-ring (bicyclic) bond motifs is 1. The van der Waals surface area contributed by atoms with Crippen LogP contribution in [0.25, 0.3) is 10.9 Å². The molecule has 5 heteroatoms. The van der Waals surface area contributed by atoms with Crippen molar-refractivity contribution in [2.24, 2.45) is 0 Å². The number of benzene rings is 1. The summed E-state index contributed by atoms with van der Waals surface area (Å²) in [5.41, 5.74) is 2.37. The molecule has 1 aliphatic heterocycles. The molecule has 1 saturated heterocycles. The lowest BCUT2D eigenvalue weighted by molar-refractivity contribution is -0.129. The van der Waals surface area contributed by atoms with Gasteiger partial charge >= 0.3 is 0 Å². The molecule has 124 valence electrons. The van der Waals surface area contributed by atoms with E-state index >= 15 is 0 Å². The standard InChI is InChI=1S/C18H26N4O/c1-12(2)22-16-8-6-5-7-15(16)18(20-22)13-9-14(19-11-13)10-17(23)21(3)4/h5-8,12-14,19H,9-11H2,1-4H3/t13-,14-/m0/s1. The Labute approximate surface area is 137 Å². The Morgan fingerprint density at radius 2 is 2.13 bits per heavy atom. The van der Waals surface area contributed by atoms with Crippen molar-refractivity contribution in [3.63, 3.8) is 0 Å². The molecule has 0 aliphatic carbocycles.